The first-order chi connectivity index (χ1) is 29.2. The molecule has 11 aromatic rings. The minimum Gasteiger partial charge on any atom is -0.355 e. The predicted octanol–water partition coefficient (Wildman–Crippen LogP) is 16.0. The van der Waals surface area contributed by atoms with E-state index < -0.39 is 0 Å². The maximum absolute atomic E-state index is 2.39. The Morgan fingerprint density at radius 2 is 0.814 bits per heavy atom. The van der Waals surface area contributed by atoms with E-state index in [4.69, 9.17) is 0 Å². The quantitative estimate of drug-likeness (QED) is 0.143. The number of anilines is 6. The Morgan fingerprint density at radius 1 is 0.356 bits per heavy atom. The molecule has 280 valence electrons. The number of fused-ring (bicyclic) bond motifs is 8. The molecule has 0 spiro atoms. The van der Waals surface area contributed by atoms with Crippen molar-refractivity contribution in [2.24, 2.45) is 7.05 Å². The van der Waals surface area contributed by atoms with E-state index in [-0.39, 0.29) is 0 Å². The molecule has 0 saturated heterocycles. The van der Waals surface area contributed by atoms with Crippen molar-refractivity contribution in [2.75, 3.05) is 9.80 Å². The van der Waals surface area contributed by atoms with Crippen LogP contribution in [0.1, 0.15) is 0 Å². The maximum Gasteiger partial charge on any atom is 0.0638 e. The second-order valence-electron chi connectivity index (χ2n) is 15.1. The number of thiophene rings is 1. The summed E-state index contributed by atoms with van der Waals surface area (Å²) in [6, 6.07) is 74.8. The van der Waals surface area contributed by atoms with Crippen LogP contribution in [-0.4, -0.2) is 4.57 Å². The first kappa shape index (κ1) is 34.8. The minimum absolute atomic E-state index is 1.08. The lowest BCUT2D eigenvalue weighted by Crippen LogP contribution is -2.12. The van der Waals surface area contributed by atoms with E-state index in [0.29, 0.717) is 0 Å². The number of aromatic nitrogens is 1. The van der Waals surface area contributed by atoms with Gasteiger partial charge in [0.1, 0.15) is 0 Å². The minimum atomic E-state index is 1.08. The molecule has 0 bridgehead atoms. The number of rotatable bonds is 8. The second-order valence-corrected chi connectivity index (χ2v) is 16.2. The average Bonchev–Trinajstić information content (AvgIpc) is 3.92. The van der Waals surface area contributed by atoms with Crippen molar-refractivity contribution in [1.29, 1.82) is 0 Å². The molecule has 11 rings (SSSR count). The van der Waals surface area contributed by atoms with Crippen LogP contribution in [0.15, 0.2) is 219 Å². The molecular formula is C55H39N3S. The smallest absolute Gasteiger partial charge is 0.0638 e. The van der Waals surface area contributed by atoms with Crippen molar-refractivity contribution in [3.63, 3.8) is 0 Å². The highest BCUT2D eigenvalue weighted by Crippen LogP contribution is 2.46. The van der Waals surface area contributed by atoms with E-state index in [0.717, 1.165) is 34.1 Å². The Kier molecular flexibility index (Phi) is 8.57. The van der Waals surface area contributed by atoms with Crippen molar-refractivity contribution in [1.82, 2.24) is 4.57 Å². The SMILES string of the molecule is Cn1ccc(N(c2ccc(N(c3ccc(-c4ccccc4)cc3)c3ccc(-c4ccccc4)cc3)cc2)c2ccc3c(c2)c2ccccc2c2c4ccccc4sc32)c1. The van der Waals surface area contributed by atoms with Crippen molar-refractivity contribution in [3.8, 4) is 22.3 Å². The van der Waals surface area contributed by atoms with Crippen LogP contribution in [0.2, 0.25) is 0 Å². The summed E-state index contributed by atoms with van der Waals surface area (Å²) in [4.78, 5) is 4.72. The van der Waals surface area contributed by atoms with E-state index >= 15 is 0 Å². The molecule has 9 aromatic carbocycles. The first-order valence-electron chi connectivity index (χ1n) is 20.1. The number of hydrogen-bond acceptors (Lipinski definition) is 3. The van der Waals surface area contributed by atoms with Gasteiger partial charge in [-0.2, -0.15) is 0 Å². The largest absolute Gasteiger partial charge is 0.355 e. The zero-order valence-electron chi connectivity index (χ0n) is 32.5. The molecule has 2 aromatic heterocycles. The van der Waals surface area contributed by atoms with Gasteiger partial charge in [-0.05, 0) is 111 Å². The molecule has 59 heavy (non-hydrogen) atoms. The molecule has 0 saturated carbocycles. The zero-order chi connectivity index (χ0) is 39.3. The number of aryl methyl sites for hydroxylation is 1. The Balaban J connectivity index is 1.03. The summed E-state index contributed by atoms with van der Waals surface area (Å²) in [6.07, 6.45) is 4.31. The van der Waals surface area contributed by atoms with Crippen molar-refractivity contribution in [3.05, 3.63) is 219 Å². The molecule has 0 aliphatic rings. The lowest BCUT2D eigenvalue weighted by atomic mass is 9.96. The molecule has 0 fully saturated rings. The fraction of sp³-hybridized carbons (Fsp3) is 0.0182. The standard InChI is InChI=1S/C55H39N3S/c1-56-35-34-47(37-56)58(46-32-33-50-52(36-46)48-16-8-9-17-49(48)54-51-18-10-11-19-53(51)59-55(50)54)45-30-28-44(29-31-45)57(42-24-20-40(21-25-42)38-12-4-2-5-13-38)43-26-22-41(23-27-43)39-14-6-3-7-15-39/h2-37H,1H3. The number of hydrogen-bond donors (Lipinski definition) is 0. The average molecular weight is 774 g/mol. The molecule has 0 atom stereocenters. The zero-order valence-corrected chi connectivity index (χ0v) is 33.4. The normalized spacial score (nSPS) is 11.5. The summed E-state index contributed by atoms with van der Waals surface area (Å²) in [7, 11) is 2.08. The van der Waals surface area contributed by atoms with Gasteiger partial charge in [0.15, 0.2) is 0 Å². The van der Waals surface area contributed by atoms with E-state index in [1.807, 2.05) is 11.3 Å². The fourth-order valence-corrected chi connectivity index (χ4v) is 9.92. The topological polar surface area (TPSA) is 11.4 Å². The van der Waals surface area contributed by atoms with Gasteiger partial charge in [0.25, 0.3) is 0 Å². The molecule has 3 nitrogen and oxygen atoms in total. The van der Waals surface area contributed by atoms with Gasteiger partial charge in [0.2, 0.25) is 0 Å². The molecule has 0 aliphatic heterocycles. The second kappa shape index (κ2) is 14.5. The number of nitrogens with zero attached hydrogens (tertiary/aromatic N) is 3. The lowest BCUT2D eigenvalue weighted by Gasteiger charge is -2.28. The third kappa shape index (κ3) is 6.22. The van der Waals surface area contributed by atoms with E-state index in [9.17, 15) is 0 Å². The summed E-state index contributed by atoms with van der Waals surface area (Å²) >= 11 is 1.89. The first-order valence-corrected chi connectivity index (χ1v) is 20.9. The van der Waals surface area contributed by atoms with Crippen LogP contribution in [0.25, 0.3) is 64.0 Å². The van der Waals surface area contributed by atoms with E-state index in [2.05, 4.69) is 240 Å². The van der Waals surface area contributed by atoms with Crippen molar-refractivity contribution >= 4 is 87.2 Å². The molecule has 0 radical (unpaired) electrons. The Hall–Kier alpha value is -7.40. The Labute approximate surface area is 347 Å². The lowest BCUT2D eigenvalue weighted by molar-refractivity contribution is 0.927. The molecule has 0 N–H and O–H groups in total. The predicted molar refractivity (Wildman–Crippen MR) is 254 cm³/mol. The molecule has 4 heteroatoms. The van der Waals surface area contributed by atoms with Crippen LogP contribution in [0.3, 0.4) is 0 Å². The van der Waals surface area contributed by atoms with Crippen molar-refractivity contribution in [2.45, 2.75) is 0 Å². The van der Waals surface area contributed by atoms with Gasteiger partial charge >= 0.3 is 0 Å². The van der Waals surface area contributed by atoms with Crippen LogP contribution in [0.4, 0.5) is 34.1 Å². The summed E-state index contributed by atoms with van der Waals surface area (Å²) < 4.78 is 4.78. The van der Waals surface area contributed by atoms with Crippen LogP contribution in [0.5, 0.6) is 0 Å². The fourth-order valence-electron chi connectivity index (χ4n) is 8.66. The Morgan fingerprint density at radius 3 is 1.37 bits per heavy atom. The van der Waals surface area contributed by atoms with Gasteiger partial charge in [-0.1, -0.05) is 133 Å². The molecular weight excluding hydrogens is 735 g/mol. The highest BCUT2D eigenvalue weighted by molar-refractivity contribution is 7.27. The van der Waals surface area contributed by atoms with Gasteiger partial charge < -0.3 is 14.4 Å². The molecule has 0 unspecified atom stereocenters. The van der Waals surface area contributed by atoms with Crippen LogP contribution < -0.4 is 9.80 Å². The van der Waals surface area contributed by atoms with Gasteiger partial charge in [-0.25, -0.2) is 0 Å². The van der Waals surface area contributed by atoms with Gasteiger partial charge in [-0.3, -0.25) is 0 Å². The van der Waals surface area contributed by atoms with Crippen LogP contribution >= 0.6 is 11.3 Å². The summed E-state index contributed by atoms with van der Waals surface area (Å²) in [5.74, 6) is 0. The molecule has 0 aliphatic carbocycles. The van der Waals surface area contributed by atoms with Crippen LogP contribution in [-0.2, 0) is 7.05 Å². The monoisotopic (exact) mass is 773 g/mol. The summed E-state index contributed by atoms with van der Waals surface area (Å²) in [5.41, 5.74) is 11.4. The van der Waals surface area contributed by atoms with Gasteiger partial charge in [0.05, 0.1) is 5.69 Å². The van der Waals surface area contributed by atoms with E-state index in [1.165, 1.54) is 64.0 Å². The third-order valence-corrected chi connectivity index (χ3v) is 12.7. The number of benzene rings is 9. The summed E-state index contributed by atoms with van der Waals surface area (Å²) in [6.45, 7) is 0. The van der Waals surface area contributed by atoms with Gasteiger partial charge in [-0.15, -0.1) is 11.3 Å². The van der Waals surface area contributed by atoms with E-state index in [1.54, 1.807) is 0 Å². The van der Waals surface area contributed by atoms with Gasteiger partial charge in [0, 0.05) is 73.4 Å². The highest BCUT2D eigenvalue weighted by Gasteiger charge is 2.20. The highest BCUT2D eigenvalue weighted by atomic mass is 32.1. The maximum atomic E-state index is 2.39. The van der Waals surface area contributed by atoms with Crippen LogP contribution in [0, 0.1) is 0 Å². The third-order valence-electron chi connectivity index (χ3n) is 11.5. The molecule has 0 amide bonds. The van der Waals surface area contributed by atoms with Crippen molar-refractivity contribution < 1.29 is 0 Å². The molecule has 2 heterocycles. The Bertz CT molecular complexity index is 3170. The summed E-state index contributed by atoms with van der Waals surface area (Å²) in [5, 5.41) is 7.81.